The maximum atomic E-state index is 13.8. The fourth-order valence-corrected chi connectivity index (χ4v) is 3.82. The van der Waals surface area contributed by atoms with Gasteiger partial charge in [-0.05, 0) is 56.5 Å². The monoisotopic (exact) mass is 262 g/mol. The lowest BCUT2D eigenvalue weighted by atomic mass is 9.97. The van der Waals surface area contributed by atoms with Gasteiger partial charge in [0.25, 0.3) is 0 Å². The van der Waals surface area contributed by atoms with E-state index < -0.39 is 0 Å². The van der Waals surface area contributed by atoms with Crippen LogP contribution < -0.4 is 5.32 Å². The van der Waals surface area contributed by atoms with Crippen molar-refractivity contribution in [1.82, 2.24) is 10.2 Å². The van der Waals surface area contributed by atoms with Crippen LogP contribution in [0.4, 0.5) is 4.39 Å². The Balaban J connectivity index is 1.85. The van der Waals surface area contributed by atoms with E-state index in [1.807, 2.05) is 13.1 Å². The first-order valence-corrected chi connectivity index (χ1v) is 7.49. The second kappa shape index (κ2) is 5.59. The second-order valence-electron chi connectivity index (χ2n) is 5.81. The summed E-state index contributed by atoms with van der Waals surface area (Å²) in [5.74, 6) is -0.0119. The zero-order valence-electron chi connectivity index (χ0n) is 11.7. The zero-order valence-corrected chi connectivity index (χ0v) is 11.7. The third-order valence-electron chi connectivity index (χ3n) is 4.69. The average molecular weight is 262 g/mol. The van der Waals surface area contributed by atoms with E-state index in [9.17, 15) is 4.39 Å². The number of hydrogen-bond donors (Lipinski definition) is 1. The molecule has 104 valence electrons. The summed E-state index contributed by atoms with van der Waals surface area (Å²) in [6.07, 6.45) is 5.85. The van der Waals surface area contributed by atoms with Crippen LogP contribution in [0.2, 0.25) is 0 Å². The summed E-state index contributed by atoms with van der Waals surface area (Å²) >= 11 is 0. The number of hydrogen-bond acceptors (Lipinski definition) is 2. The molecule has 1 N–H and O–H groups in total. The van der Waals surface area contributed by atoms with Crippen molar-refractivity contribution >= 4 is 0 Å². The summed E-state index contributed by atoms with van der Waals surface area (Å²) in [6.45, 7) is 2.20. The molecule has 1 heterocycles. The van der Waals surface area contributed by atoms with Crippen LogP contribution in [0, 0.1) is 5.82 Å². The Morgan fingerprint density at radius 2 is 2.21 bits per heavy atom. The molecule has 3 heteroatoms. The van der Waals surface area contributed by atoms with E-state index in [1.54, 1.807) is 6.07 Å². The van der Waals surface area contributed by atoms with Crippen LogP contribution in [0.25, 0.3) is 0 Å². The molecule has 1 aromatic carbocycles. The van der Waals surface area contributed by atoms with Gasteiger partial charge < -0.3 is 5.32 Å². The van der Waals surface area contributed by atoms with Gasteiger partial charge in [0.15, 0.2) is 0 Å². The van der Waals surface area contributed by atoms with Crippen molar-refractivity contribution in [3.05, 3.63) is 35.1 Å². The van der Waals surface area contributed by atoms with E-state index in [-0.39, 0.29) is 5.82 Å². The fraction of sp³-hybridized carbons (Fsp3) is 0.625. The minimum atomic E-state index is -0.0119. The SMILES string of the molecule is CNCC1CCCCN1C1CCc2c(F)cccc21. The lowest BCUT2D eigenvalue weighted by molar-refractivity contribution is 0.0946. The second-order valence-corrected chi connectivity index (χ2v) is 5.81. The molecule has 0 spiro atoms. The Labute approximate surface area is 115 Å². The van der Waals surface area contributed by atoms with Gasteiger partial charge in [-0.1, -0.05) is 18.6 Å². The summed E-state index contributed by atoms with van der Waals surface area (Å²) in [4.78, 5) is 2.62. The van der Waals surface area contributed by atoms with Crippen LogP contribution in [-0.4, -0.2) is 31.1 Å². The summed E-state index contributed by atoms with van der Waals surface area (Å²) in [7, 11) is 2.02. The quantitative estimate of drug-likeness (QED) is 0.901. The van der Waals surface area contributed by atoms with Gasteiger partial charge in [-0.3, -0.25) is 4.90 Å². The number of halogens is 1. The molecule has 0 aromatic heterocycles. The molecular weight excluding hydrogens is 239 g/mol. The third kappa shape index (κ3) is 2.41. The van der Waals surface area contributed by atoms with Gasteiger partial charge in [-0.25, -0.2) is 4.39 Å². The first kappa shape index (κ1) is 13.1. The smallest absolute Gasteiger partial charge is 0.126 e. The normalized spacial score (nSPS) is 27.5. The highest BCUT2D eigenvalue weighted by atomic mass is 19.1. The van der Waals surface area contributed by atoms with Gasteiger partial charge in [-0.15, -0.1) is 0 Å². The molecule has 1 aliphatic carbocycles. The molecule has 1 aliphatic heterocycles. The van der Waals surface area contributed by atoms with Gasteiger partial charge in [-0.2, -0.15) is 0 Å². The minimum absolute atomic E-state index is 0.0119. The largest absolute Gasteiger partial charge is 0.318 e. The zero-order chi connectivity index (χ0) is 13.2. The van der Waals surface area contributed by atoms with Crippen molar-refractivity contribution in [2.24, 2.45) is 0 Å². The van der Waals surface area contributed by atoms with Crippen LogP contribution in [0.5, 0.6) is 0 Å². The molecule has 0 amide bonds. The molecule has 1 saturated heterocycles. The molecule has 1 fully saturated rings. The summed E-state index contributed by atoms with van der Waals surface area (Å²) in [5, 5.41) is 3.31. The number of likely N-dealkylation sites (N-methyl/N-ethyl adjacent to an activating group) is 1. The molecule has 0 saturated carbocycles. The molecule has 2 nitrogen and oxygen atoms in total. The molecule has 0 bridgehead atoms. The average Bonchev–Trinajstić information content (AvgIpc) is 2.85. The molecule has 19 heavy (non-hydrogen) atoms. The van der Waals surface area contributed by atoms with Crippen molar-refractivity contribution in [3.8, 4) is 0 Å². The highest BCUT2D eigenvalue weighted by Crippen LogP contribution is 2.39. The Morgan fingerprint density at radius 3 is 3.05 bits per heavy atom. The van der Waals surface area contributed by atoms with Crippen molar-refractivity contribution in [1.29, 1.82) is 0 Å². The number of nitrogens with one attached hydrogen (secondary N) is 1. The minimum Gasteiger partial charge on any atom is -0.318 e. The highest BCUT2D eigenvalue weighted by molar-refractivity contribution is 5.35. The lowest BCUT2D eigenvalue weighted by Crippen LogP contribution is -2.46. The Hall–Kier alpha value is -0.930. The fourth-order valence-electron chi connectivity index (χ4n) is 3.82. The van der Waals surface area contributed by atoms with E-state index in [4.69, 9.17) is 0 Å². The van der Waals surface area contributed by atoms with E-state index >= 15 is 0 Å². The van der Waals surface area contributed by atoms with Gasteiger partial charge in [0.05, 0.1) is 0 Å². The third-order valence-corrected chi connectivity index (χ3v) is 4.69. The highest BCUT2D eigenvalue weighted by Gasteiger charge is 2.34. The maximum Gasteiger partial charge on any atom is 0.126 e. The van der Waals surface area contributed by atoms with Crippen molar-refractivity contribution in [2.45, 2.75) is 44.2 Å². The van der Waals surface area contributed by atoms with Gasteiger partial charge >= 0.3 is 0 Å². The molecule has 0 radical (unpaired) electrons. The van der Waals surface area contributed by atoms with Crippen LogP contribution in [0.1, 0.15) is 42.9 Å². The lowest BCUT2D eigenvalue weighted by Gasteiger charge is -2.40. The standard InChI is InChI=1S/C16H23FN2/c1-18-11-12-5-2-3-10-19(12)16-9-8-13-14(16)6-4-7-15(13)17/h4,6-7,12,16,18H,2-3,5,8-11H2,1H3. The molecular formula is C16H23FN2. The first-order valence-electron chi connectivity index (χ1n) is 7.49. The molecule has 1 aromatic rings. The van der Waals surface area contributed by atoms with Crippen LogP contribution in [0.15, 0.2) is 18.2 Å². The summed E-state index contributed by atoms with van der Waals surface area (Å²) < 4.78 is 13.8. The maximum absolute atomic E-state index is 13.8. The van der Waals surface area contributed by atoms with Crippen molar-refractivity contribution in [3.63, 3.8) is 0 Å². The van der Waals surface area contributed by atoms with Crippen molar-refractivity contribution < 1.29 is 4.39 Å². The Bertz CT molecular complexity index is 444. The predicted molar refractivity (Wildman–Crippen MR) is 75.7 cm³/mol. The van der Waals surface area contributed by atoms with E-state index in [1.165, 1.54) is 24.8 Å². The molecule has 2 aliphatic rings. The Kier molecular flexibility index (Phi) is 3.85. The number of fused-ring (bicyclic) bond motifs is 1. The van der Waals surface area contributed by atoms with Crippen LogP contribution >= 0.6 is 0 Å². The van der Waals surface area contributed by atoms with Crippen LogP contribution in [0.3, 0.4) is 0 Å². The predicted octanol–water partition coefficient (Wildman–Crippen LogP) is 2.89. The summed E-state index contributed by atoms with van der Waals surface area (Å²) in [5.41, 5.74) is 2.20. The van der Waals surface area contributed by atoms with E-state index in [0.717, 1.165) is 31.5 Å². The molecule has 2 atom stereocenters. The first-order chi connectivity index (χ1) is 9.31. The Morgan fingerprint density at radius 1 is 1.32 bits per heavy atom. The number of rotatable bonds is 3. The number of piperidine rings is 1. The van der Waals surface area contributed by atoms with Crippen LogP contribution in [-0.2, 0) is 6.42 Å². The van der Waals surface area contributed by atoms with Gasteiger partial charge in [0.1, 0.15) is 5.82 Å². The number of nitrogens with zero attached hydrogens (tertiary/aromatic N) is 1. The van der Waals surface area contributed by atoms with Gasteiger partial charge in [0.2, 0.25) is 0 Å². The molecule has 3 rings (SSSR count). The summed E-state index contributed by atoms with van der Waals surface area (Å²) in [6, 6.07) is 6.63. The number of likely N-dealkylation sites (tertiary alicyclic amines) is 1. The van der Waals surface area contributed by atoms with E-state index in [2.05, 4.69) is 16.3 Å². The van der Waals surface area contributed by atoms with E-state index in [0.29, 0.717) is 12.1 Å². The molecule has 2 unspecified atom stereocenters. The number of benzene rings is 1. The van der Waals surface area contributed by atoms with Crippen molar-refractivity contribution in [2.75, 3.05) is 20.1 Å². The topological polar surface area (TPSA) is 15.3 Å². The van der Waals surface area contributed by atoms with Gasteiger partial charge in [0, 0.05) is 18.6 Å².